The second-order valence-corrected chi connectivity index (χ2v) is 7.68. The van der Waals surface area contributed by atoms with Gasteiger partial charge in [0.2, 0.25) is 10.0 Å². The van der Waals surface area contributed by atoms with Gasteiger partial charge in [0.15, 0.2) is 0 Å². The molecule has 110 valence electrons. The van der Waals surface area contributed by atoms with Crippen LogP contribution < -0.4 is 5.32 Å². The third kappa shape index (κ3) is 2.53. The lowest BCUT2D eigenvalue weighted by atomic mass is 9.81. The highest BCUT2D eigenvalue weighted by Gasteiger charge is 2.52. The van der Waals surface area contributed by atoms with Crippen LogP contribution in [0.5, 0.6) is 0 Å². The summed E-state index contributed by atoms with van der Waals surface area (Å²) in [6.07, 6.45) is 3.01. The average Bonchev–Trinajstić information content (AvgIpc) is 2.94. The maximum absolute atomic E-state index is 11.7. The highest BCUT2D eigenvalue weighted by Crippen LogP contribution is 2.42. The van der Waals surface area contributed by atoms with Crippen molar-refractivity contribution in [3.05, 3.63) is 24.4 Å². The second kappa shape index (κ2) is 4.98. The Morgan fingerprint density at radius 3 is 3.10 bits per heavy atom. The van der Waals surface area contributed by atoms with E-state index >= 15 is 0 Å². The first kappa shape index (κ1) is 13.8. The Bertz CT molecular complexity index is 578. The van der Waals surface area contributed by atoms with E-state index in [4.69, 9.17) is 4.74 Å². The highest BCUT2D eigenvalue weighted by molar-refractivity contribution is 7.88. The third-order valence-electron chi connectivity index (χ3n) is 4.25. The zero-order chi connectivity index (χ0) is 14.2. The Hall–Kier alpha value is -1.18. The molecule has 0 amide bonds. The number of hydrogen-bond acceptors (Lipinski definition) is 5. The molecule has 2 saturated heterocycles. The first-order valence-corrected chi connectivity index (χ1v) is 8.52. The predicted molar refractivity (Wildman–Crippen MR) is 75.9 cm³/mol. The Kier molecular flexibility index (Phi) is 3.43. The average molecular weight is 297 g/mol. The number of nitrogens with one attached hydrogen (secondary N) is 1. The molecule has 3 heterocycles. The lowest BCUT2D eigenvalue weighted by Gasteiger charge is -2.27. The van der Waals surface area contributed by atoms with E-state index in [9.17, 15) is 8.42 Å². The molecule has 0 bridgehead atoms. The normalized spacial score (nSPS) is 30.4. The van der Waals surface area contributed by atoms with E-state index < -0.39 is 10.0 Å². The van der Waals surface area contributed by atoms with E-state index in [2.05, 4.69) is 10.3 Å². The summed E-state index contributed by atoms with van der Waals surface area (Å²) in [5.74, 6) is 1.07. The minimum atomic E-state index is -3.13. The maximum Gasteiger partial charge on any atom is 0.211 e. The molecule has 20 heavy (non-hydrogen) atoms. The molecule has 0 saturated carbocycles. The minimum absolute atomic E-state index is 0.138. The van der Waals surface area contributed by atoms with Crippen molar-refractivity contribution in [2.75, 3.05) is 44.4 Å². The molecule has 0 unspecified atom stereocenters. The molecular formula is C13H19N3O3S. The number of rotatable bonds is 4. The largest absolute Gasteiger partial charge is 0.380 e. The van der Waals surface area contributed by atoms with Gasteiger partial charge in [-0.1, -0.05) is 6.07 Å². The molecule has 1 N–H and O–H groups in total. The molecule has 1 aromatic heterocycles. The SMILES string of the molecule is CS(=O)(=O)N1C[C@@H]2COC[C@]2(CNc2ccccn2)C1. The van der Waals surface area contributed by atoms with Gasteiger partial charge in [0.1, 0.15) is 5.82 Å². The maximum atomic E-state index is 11.7. The van der Waals surface area contributed by atoms with Gasteiger partial charge in [-0.2, -0.15) is 0 Å². The summed E-state index contributed by atoms with van der Waals surface area (Å²) in [5.41, 5.74) is -0.138. The Morgan fingerprint density at radius 2 is 2.40 bits per heavy atom. The molecule has 0 aromatic carbocycles. The van der Waals surface area contributed by atoms with Crippen LogP contribution in [-0.4, -0.2) is 56.8 Å². The monoisotopic (exact) mass is 297 g/mol. The van der Waals surface area contributed by atoms with Crippen molar-refractivity contribution in [3.8, 4) is 0 Å². The van der Waals surface area contributed by atoms with Crippen LogP contribution in [0.25, 0.3) is 0 Å². The van der Waals surface area contributed by atoms with Gasteiger partial charge >= 0.3 is 0 Å². The van der Waals surface area contributed by atoms with Crippen LogP contribution in [0.1, 0.15) is 0 Å². The molecule has 7 heteroatoms. The molecule has 2 aliphatic heterocycles. The molecule has 2 fully saturated rings. The first-order valence-electron chi connectivity index (χ1n) is 6.67. The third-order valence-corrected chi connectivity index (χ3v) is 5.46. The van der Waals surface area contributed by atoms with Gasteiger partial charge in [-0.05, 0) is 12.1 Å². The molecule has 0 aliphatic carbocycles. The molecule has 2 aliphatic rings. The van der Waals surface area contributed by atoms with Crippen LogP contribution in [0.15, 0.2) is 24.4 Å². The number of hydrogen-bond donors (Lipinski definition) is 1. The summed E-state index contributed by atoms with van der Waals surface area (Å²) in [5, 5.41) is 3.31. The van der Waals surface area contributed by atoms with Crippen LogP contribution in [-0.2, 0) is 14.8 Å². The predicted octanol–water partition coefficient (Wildman–Crippen LogP) is 0.401. The summed E-state index contributed by atoms with van der Waals surface area (Å²) in [7, 11) is -3.13. The number of ether oxygens (including phenoxy) is 1. The Morgan fingerprint density at radius 1 is 1.55 bits per heavy atom. The topological polar surface area (TPSA) is 71.5 Å². The van der Waals surface area contributed by atoms with Gasteiger partial charge in [0, 0.05) is 37.2 Å². The molecule has 0 radical (unpaired) electrons. The summed E-state index contributed by atoms with van der Waals surface area (Å²) < 4.78 is 30.6. The van der Waals surface area contributed by atoms with Crippen molar-refractivity contribution in [2.45, 2.75) is 0 Å². The molecule has 0 spiro atoms. The van der Waals surface area contributed by atoms with Crippen molar-refractivity contribution < 1.29 is 13.2 Å². The Balaban J connectivity index is 1.73. The zero-order valence-corrected chi connectivity index (χ0v) is 12.3. The van der Waals surface area contributed by atoms with E-state index in [0.29, 0.717) is 32.8 Å². The van der Waals surface area contributed by atoms with Crippen LogP contribution in [0.2, 0.25) is 0 Å². The minimum Gasteiger partial charge on any atom is -0.380 e. The fourth-order valence-electron chi connectivity index (χ4n) is 3.02. The van der Waals surface area contributed by atoms with Crippen molar-refractivity contribution in [1.82, 2.24) is 9.29 Å². The van der Waals surface area contributed by atoms with Crippen molar-refractivity contribution >= 4 is 15.8 Å². The molecular weight excluding hydrogens is 278 g/mol. The molecule has 6 nitrogen and oxygen atoms in total. The summed E-state index contributed by atoms with van der Waals surface area (Å²) in [4.78, 5) is 4.23. The van der Waals surface area contributed by atoms with Gasteiger partial charge in [-0.15, -0.1) is 0 Å². The second-order valence-electron chi connectivity index (χ2n) is 5.70. The molecule has 3 rings (SSSR count). The van der Waals surface area contributed by atoms with Gasteiger partial charge in [0.05, 0.1) is 19.5 Å². The van der Waals surface area contributed by atoms with Crippen molar-refractivity contribution in [2.24, 2.45) is 11.3 Å². The molecule has 2 atom stereocenters. The number of sulfonamides is 1. The van der Waals surface area contributed by atoms with E-state index in [0.717, 1.165) is 5.82 Å². The summed E-state index contributed by atoms with van der Waals surface area (Å²) >= 11 is 0. The molecule has 1 aromatic rings. The van der Waals surface area contributed by atoms with Gasteiger partial charge in [-0.25, -0.2) is 17.7 Å². The summed E-state index contributed by atoms with van der Waals surface area (Å²) in [6.45, 7) is 3.00. The van der Waals surface area contributed by atoms with E-state index in [1.807, 2.05) is 18.2 Å². The number of nitrogens with zero attached hydrogens (tertiary/aromatic N) is 2. The number of fused-ring (bicyclic) bond motifs is 1. The smallest absolute Gasteiger partial charge is 0.211 e. The fourth-order valence-corrected chi connectivity index (χ4v) is 3.96. The van der Waals surface area contributed by atoms with E-state index in [1.165, 1.54) is 6.26 Å². The Labute approximate surface area is 119 Å². The van der Waals surface area contributed by atoms with Crippen molar-refractivity contribution in [1.29, 1.82) is 0 Å². The lowest BCUT2D eigenvalue weighted by molar-refractivity contribution is 0.147. The van der Waals surface area contributed by atoms with Crippen LogP contribution in [0, 0.1) is 11.3 Å². The number of pyridine rings is 1. The quantitative estimate of drug-likeness (QED) is 0.871. The van der Waals surface area contributed by atoms with E-state index in [-0.39, 0.29) is 11.3 Å². The zero-order valence-electron chi connectivity index (χ0n) is 11.4. The van der Waals surface area contributed by atoms with Gasteiger partial charge < -0.3 is 10.1 Å². The summed E-state index contributed by atoms with van der Waals surface area (Å²) in [6, 6.07) is 5.70. The highest BCUT2D eigenvalue weighted by atomic mass is 32.2. The first-order chi connectivity index (χ1) is 9.50. The van der Waals surface area contributed by atoms with Crippen LogP contribution in [0.3, 0.4) is 0 Å². The van der Waals surface area contributed by atoms with Gasteiger partial charge in [0.25, 0.3) is 0 Å². The fraction of sp³-hybridized carbons (Fsp3) is 0.615. The van der Waals surface area contributed by atoms with E-state index in [1.54, 1.807) is 10.5 Å². The van der Waals surface area contributed by atoms with Gasteiger partial charge in [-0.3, -0.25) is 0 Å². The number of anilines is 1. The van der Waals surface area contributed by atoms with Crippen LogP contribution in [0.4, 0.5) is 5.82 Å². The lowest BCUT2D eigenvalue weighted by Crippen LogP contribution is -2.38. The number of aromatic nitrogens is 1. The standard InChI is InChI=1S/C13H19N3O3S/c1-20(17,18)16-6-11-7-19-10-13(11,9-16)8-15-12-4-2-3-5-14-12/h2-5,11H,6-10H2,1H3,(H,14,15)/t11-,13+/m1/s1. The van der Waals surface area contributed by atoms with Crippen LogP contribution >= 0.6 is 0 Å². The van der Waals surface area contributed by atoms with Crippen molar-refractivity contribution in [3.63, 3.8) is 0 Å².